The highest BCUT2D eigenvalue weighted by Gasteiger charge is 2.21. The standard InChI is InChI=1S/C25H31N5O4/c1-3-18(4-2)27-25(33)30-14-8-17-15-20(5-6-22(17)30)34-21-7-11-26-23(16-21)28-24(32)29-12-9-19(31)10-13-29/h5-8,11,14-16,18-19,31H,3-4,9-10,12-13H2,1-2H3,(H,27,33)(H,26,28,32). The normalized spacial score (nSPS) is 14.4. The number of urea groups is 1. The molecule has 9 heteroatoms. The van der Waals surface area contributed by atoms with Gasteiger partial charge in [0.05, 0.1) is 11.6 Å². The number of benzene rings is 1. The molecule has 180 valence electrons. The van der Waals surface area contributed by atoms with E-state index in [0.29, 0.717) is 43.2 Å². The Morgan fingerprint density at radius 3 is 2.56 bits per heavy atom. The van der Waals surface area contributed by atoms with Crippen LogP contribution in [-0.2, 0) is 0 Å². The molecule has 34 heavy (non-hydrogen) atoms. The minimum atomic E-state index is -0.341. The van der Waals surface area contributed by atoms with Crippen molar-refractivity contribution >= 4 is 28.8 Å². The quantitative estimate of drug-likeness (QED) is 0.494. The molecule has 0 atom stereocenters. The molecular weight excluding hydrogens is 434 g/mol. The van der Waals surface area contributed by atoms with Crippen LogP contribution in [0, 0.1) is 0 Å². The van der Waals surface area contributed by atoms with Gasteiger partial charge in [0, 0.05) is 43.0 Å². The Morgan fingerprint density at radius 1 is 1.09 bits per heavy atom. The van der Waals surface area contributed by atoms with Gasteiger partial charge in [-0.05, 0) is 56.0 Å². The molecule has 4 rings (SSSR count). The van der Waals surface area contributed by atoms with Gasteiger partial charge in [-0.15, -0.1) is 0 Å². The fourth-order valence-corrected chi connectivity index (χ4v) is 4.03. The van der Waals surface area contributed by atoms with Crippen LogP contribution in [0.2, 0.25) is 0 Å². The lowest BCUT2D eigenvalue weighted by Gasteiger charge is -2.29. The third-order valence-electron chi connectivity index (χ3n) is 6.15. The third kappa shape index (κ3) is 5.48. The monoisotopic (exact) mass is 465 g/mol. The van der Waals surface area contributed by atoms with Crippen molar-refractivity contribution in [1.29, 1.82) is 0 Å². The zero-order chi connectivity index (χ0) is 24.1. The number of rotatable bonds is 6. The van der Waals surface area contributed by atoms with Crippen molar-refractivity contribution in [3.05, 3.63) is 48.8 Å². The van der Waals surface area contributed by atoms with Crippen LogP contribution < -0.4 is 15.4 Å². The number of aromatic nitrogens is 2. The molecule has 3 amide bonds. The molecule has 1 aliphatic heterocycles. The molecule has 3 N–H and O–H groups in total. The first-order chi connectivity index (χ1) is 16.5. The lowest BCUT2D eigenvalue weighted by molar-refractivity contribution is 0.0972. The Morgan fingerprint density at radius 2 is 1.82 bits per heavy atom. The van der Waals surface area contributed by atoms with Crippen molar-refractivity contribution in [1.82, 2.24) is 19.8 Å². The number of anilines is 1. The van der Waals surface area contributed by atoms with E-state index >= 15 is 0 Å². The van der Waals surface area contributed by atoms with Gasteiger partial charge in [-0.25, -0.2) is 14.6 Å². The van der Waals surface area contributed by atoms with Crippen LogP contribution >= 0.6 is 0 Å². The first kappa shape index (κ1) is 23.6. The maximum Gasteiger partial charge on any atom is 0.326 e. The first-order valence-electron chi connectivity index (χ1n) is 11.8. The van der Waals surface area contributed by atoms with E-state index in [1.54, 1.807) is 40.1 Å². The molecule has 2 aromatic heterocycles. The molecule has 1 saturated heterocycles. The molecule has 1 aliphatic rings. The number of amides is 3. The Labute approximate surface area is 198 Å². The number of fused-ring (bicyclic) bond motifs is 1. The molecule has 3 aromatic rings. The van der Waals surface area contributed by atoms with Crippen molar-refractivity contribution in [3.63, 3.8) is 0 Å². The summed E-state index contributed by atoms with van der Waals surface area (Å²) in [5, 5.41) is 16.3. The Hall–Kier alpha value is -3.59. The van der Waals surface area contributed by atoms with Crippen LogP contribution in [0.4, 0.5) is 15.4 Å². The molecule has 9 nitrogen and oxygen atoms in total. The highest BCUT2D eigenvalue weighted by Crippen LogP contribution is 2.27. The van der Waals surface area contributed by atoms with Crippen molar-refractivity contribution < 1.29 is 19.4 Å². The van der Waals surface area contributed by atoms with Gasteiger partial charge in [0.15, 0.2) is 0 Å². The number of pyridine rings is 1. The number of nitrogens with one attached hydrogen (secondary N) is 2. The number of aliphatic hydroxyl groups is 1. The SMILES string of the molecule is CCC(CC)NC(=O)n1ccc2cc(Oc3ccnc(NC(=O)N4CCC(O)CC4)c3)ccc21. The van der Waals surface area contributed by atoms with Crippen molar-refractivity contribution in [2.24, 2.45) is 0 Å². The summed E-state index contributed by atoms with van der Waals surface area (Å²) in [6.07, 6.45) is 5.91. The Bertz CT molecular complexity index is 1150. The molecule has 3 heterocycles. The van der Waals surface area contributed by atoms with Gasteiger partial charge in [0.2, 0.25) is 0 Å². The van der Waals surface area contributed by atoms with Crippen molar-refractivity contribution in [2.75, 3.05) is 18.4 Å². The number of carbonyl (C=O) groups excluding carboxylic acids is 2. The summed E-state index contributed by atoms with van der Waals surface area (Å²) < 4.78 is 7.60. The van der Waals surface area contributed by atoms with Crippen LogP contribution in [0.3, 0.4) is 0 Å². The van der Waals surface area contributed by atoms with Gasteiger partial charge in [-0.1, -0.05) is 13.8 Å². The van der Waals surface area contributed by atoms with E-state index in [9.17, 15) is 14.7 Å². The molecule has 0 unspecified atom stereocenters. The van der Waals surface area contributed by atoms with E-state index in [4.69, 9.17) is 4.74 Å². The summed E-state index contributed by atoms with van der Waals surface area (Å²) in [7, 11) is 0. The van der Waals surface area contributed by atoms with Gasteiger partial charge >= 0.3 is 12.1 Å². The van der Waals surface area contributed by atoms with Crippen molar-refractivity contribution in [2.45, 2.75) is 51.7 Å². The molecule has 0 spiro atoms. The largest absolute Gasteiger partial charge is 0.457 e. The highest BCUT2D eigenvalue weighted by molar-refractivity contribution is 5.92. The van der Waals surface area contributed by atoms with Crippen LogP contribution in [0.5, 0.6) is 11.5 Å². The Kier molecular flexibility index (Phi) is 7.32. The van der Waals surface area contributed by atoms with E-state index in [0.717, 1.165) is 23.7 Å². The van der Waals surface area contributed by atoms with E-state index in [2.05, 4.69) is 29.5 Å². The number of hydrogen-bond donors (Lipinski definition) is 3. The predicted octanol–water partition coefficient (Wildman–Crippen LogP) is 4.56. The fourth-order valence-electron chi connectivity index (χ4n) is 4.03. The topological polar surface area (TPSA) is 109 Å². The first-order valence-corrected chi connectivity index (χ1v) is 11.8. The van der Waals surface area contributed by atoms with Crippen LogP contribution in [0.25, 0.3) is 10.9 Å². The molecule has 0 aliphatic carbocycles. The third-order valence-corrected chi connectivity index (χ3v) is 6.15. The van der Waals surface area contributed by atoms with Crippen molar-refractivity contribution in [3.8, 4) is 11.5 Å². The fraction of sp³-hybridized carbons (Fsp3) is 0.400. The Balaban J connectivity index is 1.42. The van der Waals surface area contributed by atoms with Crippen LogP contribution in [0.15, 0.2) is 48.8 Å². The van der Waals surface area contributed by atoms with E-state index < -0.39 is 0 Å². The van der Waals surface area contributed by atoms with Crippen LogP contribution in [-0.4, -0.2) is 56.9 Å². The zero-order valence-electron chi connectivity index (χ0n) is 19.5. The number of carbonyl (C=O) groups is 2. The molecular formula is C25H31N5O4. The molecule has 0 bridgehead atoms. The minimum absolute atomic E-state index is 0.143. The summed E-state index contributed by atoms with van der Waals surface area (Å²) in [5.41, 5.74) is 0.796. The molecule has 0 radical (unpaired) electrons. The predicted molar refractivity (Wildman–Crippen MR) is 130 cm³/mol. The number of aliphatic hydroxyl groups excluding tert-OH is 1. The number of hydrogen-bond acceptors (Lipinski definition) is 5. The highest BCUT2D eigenvalue weighted by atomic mass is 16.5. The smallest absolute Gasteiger partial charge is 0.326 e. The number of likely N-dealkylation sites (tertiary alicyclic amines) is 1. The number of piperidine rings is 1. The molecule has 1 fully saturated rings. The van der Waals surface area contributed by atoms with E-state index in [-0.39, 0.29) is 24.2 Å². The van der Waals surface area contributed by atoms with E-state index in [1.165, 1.54) is 0 Å². The lowest BCUT2D eigenvalue weighted by Crippen LogP contribution is -2.42. The minimum Gasteiger partial charge on any atom is -0.457 e. The van der Waals surface area contributed by atoms with Gasteiger partial charge in [0.1, 0.15) is 17.3 Å². The molecule has 1 aromatic carbocycles. The number of ether oxygens (including phenoxy) is 1. The summed E-state index contributed by atoms with van der Waals surface area (Å²) in [6.45, 7) is 5.14. The summed E-state index contributed by atoms with van der Waals surface area (Å²) in [6, 6.07) is 10.5. The van der Waals surface area contributed by atoms with E-state index in [1.807, 2.05) is 18.2 Å². The maximum atomic E-state index is 12.6. The second-order valence-corrected chi connectivity index (χ2v) is 8.50. The van der Waals surface area contributed by atoms with Crippen LogP contribution in [0.1, 0.15) is 39.5 Å². The average Bonchev–Trinajstić information content (AvgIpc) is 3.26. The summed E-state index contributed by atoms with van der Waals surface area (Å²) in [5.74, 6) is 1.53. The zero-order valence-corrected chi connectivity index (χ0v) is 19.5. The van der Waals surface area contributed by atoms with Gasteiger partial charge in [-0.2, -0.15) is 0 Å². The second-order valence-electron chi connectivity index (χ2n) is 8.50. The molecule has 0 saturated carbocycles. The van der Waals surface area contributed by atoms with Gasteiger partial charge < -0.3 is 20.1 Å². The average molecular weight is 466 g/mol. The lowest BCUT2D eigenvalue weighted by atomic mass is 10.1. The summed E-state index contributed by atoms with van der Waals surface area (Å²) in [4.78, 5) is 31.0. The van der Waals surface area contributed by atoms with Gasteiger partial charge in [0.25, 0.3) is 0 Å². The maximum absolute atomic E-state index is 12.6. The summed E-state index contributed by atoms with van der Waals surface area (Å²) >= 11 is 0. The second kappa shape index (κ2) is 10.6. The van der Waals surface area contributed by atoms with Gasteiger partial charge in [-0.3, -0.25) is 9.88 Å². The number of nitrogens with zero attached hydrogens (tertiary/aromatic N) is 3.